The molecular formula is C13H14N2O2S. The lowest BCUT2D eigenvalue weighted by molar-refractivity contribution is 0.0702. The molecule has 2 aromatic rings. The van der Waals surface area contributed by atoms with Gasteiger partial charge >= 0.3 is 5.97 Å². The van der Waals surface area contributed by atoms with E-state index in [4.69, 9.17) is 5.11 Å². The molecule has 0 amide bonds. The lowest BCUT2D eigenvalue weighted by atomic mass is 10.0. The monoisotopic (exact) mass is 262 g/mol. The molecule has 1 aromatic carbocycles. The first kappa shape index (κ1) is 12.7. The van der Waals surface area contributed by atoms with Gasteiger partial charge in [0.05, 0.1) is 0 Å². The molecule has 18 heavy (non-hydrogen) atoms. The van der Waals surface area contributed by atoms with Crippen molar-refractivity contribution in [2.24, 2.45) is 5.92 Å². The van der Waals surface area contributed by atoms with Gasteiger partial charge in [-0.15, -0.1) is 5.10 Å². The smallest absolute Gasteiger partial charge is 0.349 e. The van der Waals surface area contributed by atoms with Gasteiger partial charge in [0, 0.05) is 5.56 Å². The Morgan fingerprint density at radius 2 is 2.00 bits per heavy atom. The molecule has 1 aromatic heterocycles. The second kappa shape index (κ2) is 5.27. The molecule has 0 atom stereocenters. The maximum absolute atomic E-state index is 11.0. The van der Waals surface area contributed by atoms with E-state index in [0.29, 0.717) is 11.6 Å². The third-order valence-electron chi connectivity index (χ3n) is 2.55. The minimum Gasteiger partial charge on any atom is -0.477 e. The Kier molecular flexibility index (Phi) is 3.72. The number of hydrogen-bond donors (Lipinski definition) is 1. The van der Waals surface area contributed by atoms with Crippen LogP contribution in [-0.4, -0.2) is 20.7 Å². The fourth-order valence-electron chi connectivity index (χ4n) is 1.79. The van der Waals surface area contributed by atoms with Gasteiger partial charge in [-0.25, -0.2) is 4.79 Å². The molecule has 0 unspecified atom stereocenters. The van der Waals surface area contributed by atoms with E-state index in [9.17, 15) is 4.79 Å². The summed E-state index contributed by atoms with van der Waals surface area (Å²) in [6.45, 7) is 4.33. The van der Waals surface area contributed by atoms with Crippen molar-refractivity contribution in [1.29, 1.82) is 0 Å². The maximum atomic E-state index is 11.0. The zero-order valence-corrected chi connectivity index (χ0v) is 11.1. The standard InChI is InChI=1S/C13H14N2O2S/c1-8(2)7-9-3-5-10(6-4-9)11-12(13(16)17)18-15-14-11/h3-6,8H,7H2,1-2H3,(H,16,17). The van der Waals surface area contributed by atoms with E-state index in [-0.39, 0.29) is 4.88 Å². The zero-order chi connectivity index (χ0) is 13.1. The molecular weight excluding hydrogens is 248 g/mol. The molecule has 0 bridgehead atoms. The molecule has 0 fully saturated rings. The van der Waals surface area contributed by atoms with Gasteiger partial charge in [-0.3, -0.25) is 0 Å². The number of carbonyl (C=O) groups is 1. The number of benzene rings is 1. The number of hydrogen-bond acceptors (Lipinski definition) is 4. The minimum atomic E-state index is -0.980. The van der Waals surface area contributed by atoms with Gasteiger partial charge in [-0.2, -0.15) is 0 Å². The van der Waals surface area contributed by atoms with Crippen molar-refractivity contribution in [3.63, 3.8) is 0 Å². The van der Waals surface area contributed by atoms with Gasteiger partial charge in [0.1, 0.15) is 5.69 Å². The Hall–Kier alpha value is -1.75. The van der Waals surface area contributed by atoms with Crippen LogP contribution in [0.4, 0.5) is 0 Å². The van der Waals surface area contributed by atoms with Crippen molar-refractivity contribution < 1.29 is 9.90 Å². The molecule has 0 saturated carbocycles. The Balaban J connectivity index is 2.29. The summed E-state index contributed by atoms with van der Waals surface area (Å²) < 4.78 is 3.70. The summed E-state index contributed by atoms with van der Waals surface area (Å²) in [6, 6.07) is 7.84. The van der Waals surface area contributed by atoms with Crippen molar-refractivity contribution in [2.75, 3.05) is 0 Å². The number of carboxylic acid groups (broad SMARTS) is 1. The molecule has 4 nitrogen and oxygen atoms in total. The highest BCUT2D eigenvalue weighted by Gasteiger charge is 2.16. The quantitative estimate of drug-likeness (QED) is 0.919. The average molecular weight is 262 g/mol. The highest BCUT2D eigenvalue weighted by atomic mass is 32.1. The summed E-state index contributed by atoms with van der Waals surface area (Å²) >= 11 is 0.907. The Labute approximate surface area is 109 Å². The fourth-order valence-corrected chi connectivity index (χ4v) is 2.32. The van der Waals surface area contributed by atoms with Crippen molar-refractivity contribution >= 4 is 17.5 Å². The number of rotatable bonds is 4. The third kappa shape index (κ3) is 2.73. The molecule has 0 radical (unpaired) electrons. The molecule has 5 heteroatoms. The van der Waals surface area contributed by atoms with Crippen molar-refractivity contribution in [2.45, 2.75) is 20.3 Å². The summed E-state index contributed by atoms with van der Waals surface area (Å²) in [5.74, 6) is -0.377. The summed E-state index contributed by atoms with van der Waals surface area (Å²) in [4.78, 5) is 11.2. The molecule has 2 rings (SSSR count). The van der Waals surface area contributed by atoms with Crippen molar-refractivity contribution in [1.82, 2.24) is 9.59 Å². The zero-order valence-electron chi connectivity index (χ0n) is 10.3. The van der Waals surface area contributed by atoms with Crippen LogP contribution in [-0.2, 0) is 6.42 Å². The topological polar surface area (TPSA) is 63.1 Å². The molecule has 94 valence electrons. The first-order valence-electron chi connectivity index (χ1n) is 5.73. The van der Waals surface area contributed by atoms with E-state index in [1.807, 2.05) is 24.3 Å². The first-order valence-corrected chi connectivity index (χ1v) is 6.50. The molecule has 0 aliphatic rings. The molecule has 1 N–H and O–H groups in total. The number of aromatic carboxylic acids is 1. The second-order valence-corrected chi connectivity index (χ2v) is 5.30. The van der Waals surface area contributed by atoms with Crippen LogP contribution < -0.4 is 0 Å². The fraction of sp³-hybridized carbons (Fsp3) is 0.308. The summed E-state index contributed by atoms with van der Waals surface area (Å²) in [7, 11) is 0. The van der Waals surface area contributed by atoms with E-state index in [1.54, 1.807) is 0 Å². The summed E-state index contributed by atoms with van der Waals surface area (Å²) in [6.07, 6.45) is 1.02. The predicted octanol–water partition coefficient (Wildman–Crippen LogP) is 3.10. The second-order valence-electron chi connectivity index (χ2n) is 4.55. The largest absolute Gasteiger partial charge is 0.477 e. The lowest BCUT2D eigenvalue weighted by Crippen LogP contribution is -1.96. The van der Waals surface area contributed by atoms with E-state index in [1.165, 1.54) is 5.56 Å². The molecule has 0 spiro atoms. The number of carboxylic acids is 1. The van der Waals surface area contributed by atoms with Gasteiger partial charge in [-0.1, -0.05) is 42.6 Å². The van der Waals surface area contributed by atoms with Gasteiger partial charge in [0.2, 0.25) is 0 Å². The summed E-state index contributed by atoms with van der Waals surface area (Å²) in [5.41, 5.74) is 2.49. The minimum absolute atomic E-state index is 0.187. The van der Waals surface area contributed by atoms with Crippen LogP contribution in [0.15, 0.2) is 24.3 Å². The number of aromatic nitrogens is 2. The van der Waals surface area contributed by atoms with Crippen LogP contribution >= 0.6 is 11.5 Å². The molecule has 0 aliphatic carbocycles. The Morgan fingerprint density at radius 1 is 1.33 bits per heavy atom. The number of nitrogens with zero attached hydrogens (tertiary/aromatic N) is 2. The molecule has 0 aliphatic heterocycles. The van der Waals surface area contributed by atoms with Crippen LogP contribution in [0.1, 0.15) is 29.1 Å². The molecule has 0 saturated heterocycles. The van der Waals surface area contributed by atoms with Crippen LogP contribution in [0.2, 0.25) is 0 Å². The van der Waals surface area contributed by atoms with Crippen LogP contribution in [0.3, 0.4) is 0 Å². The van der Waals surface area contributed by atoms with Gasteiger partial charge in [-0.05, 0) is 29.4 Å². The normalized spacial score (nSPS) is 10.8. The average Bonchev–Trinajstić information content (AvgIpc) is 2.78. The Bertz CT molecular complexity index is 546. The van der Waals surface area contributed by atoms with E-state index < -0.39 is 5.97 Å². The van der Waals surface area contributed by atoms with Gasteiger partial charge in [0.25, 0.3) is 0 Å². The van der Waals surface area contributed by atoms with Crippen molar-refractivity contribution in [3.05, 3.63) is 34.7 Å². The van der Waals surface area contributed by atoms with Crippen LogP contribution in [0.25, 0.3) is 11.3 Å². The molecule has 1 heterocycles. The predicted molar refractivity (Wildman–Crippen MR) is 70.8 cm³/mol. The van der Waals surface area contributed by atoms with Crippen LogP contribution in [0, 0.1) is 5.92 Å². The van der Waals surface area contributed by atoms with Gasteiger partial charge < -0.3 is 5.11 Å². The SMILES string of the molecule is CC(C)Cc1ccc(-c2nnsc2C(=O)O)cc1. The van der Waals surface area contributed by atoms with E-state index in [0.717, 1.165) is 23.5 Å². The van der Waals surface area contributed by atoms with Crippen molar-refractivity contribution in [3.8, 4) is 11.3 Å². The lowest BCUT2D eigenvalue weighted by Gasteiger charge is -2.05. The van der Waals surface area contributed by atoms with E-state index >= 15 is 0 Å². The maximum Gasteiger partial charge on any atom is 0.349 e. The third-order valence-corrected chi connectivity index (χ3v) is 3.27. The summed E-state index contributed by atoms with van der Waals surface area (Å²) in [5, 5.41) is 12.9. The Morgan fingerprint density at radius 3 is 2.56 bits per heavy atom. The van der Waals surface area contributed by atoms with E-state index in [2.05, 4.69) is 23.4 Å². The first-order chi connectivity index (χ1) is 8.58. The highest BCUT2D eigenvalue weighted by Crippen LogP contribution is 2.24. The highest BCUT2D eigenvalue weighted by molar-refractivity contribution is 7.08. The van der Waals surface area contributed by atoms with Crippen LogP contribution in [0.5, 0.6) is 0 Å². The van der Waals surface area contributed by atoms with Gasteiger partial charge in [0.15, 0.2) is 4.88 Å².